The van der Waals surface area contributed by atoms with E-state index >= 15 is 0 Å². The van der Waals surface area contributed by atoms with Gasteiger partial charge in [-0.15, -0.1) is 11.6 Å². The van der Waals surface area contributed by atoms with Crippen LogP contribution in [0.5, 0.6) is 5.75 Å². The molecule has 1 heterocycles. The first kappa shape index (κ1) is 13.2. The molecule has 0 unspecified atom stereocenters. The Bertz CT molecular complexity index is 649. The van der Waals surface area contributed by atoms with Crippen LogP contribution in [0.2, 0.25) is 0 Å². The van der Waals surface area contributed by atoms with Crippen LogP contribution in [0.3, 0.4) is 0 Å². The lowest BCUT2D eigenvalue weighted by molar-refractivity contribution is -0.121. The number of carbonyl (C=O) groups is 1. The minimum absolute atomic E-state index is 0.00832. The minimum atomic E-state index is 0.00832. The van der Waals surface area contributed by atoms with Gasteiger partial charge in [0.2, 0.25) is 5.91 Å². The number of nitrogens with zero attached hydrogens (tertiary/aromatic N) is 2. The number of halogens is 1. The molecular weight excluding hydrogens is 278 g/mol. The van der Waals surface area contributed by atoms with Gasteiger partial charge >= 0.3 is 0 Å². The number of aromatic nitrogens is 2. The molecular formula is C14H16ClN3O2. The van der Waals surface area contributed by atoms with E-state index < -0.39 is 0 Å². The Hall–Kier alpha value is -1.75. The number of alkyl halides is 1. The van der Waals surface area contributed by atoms with Crippen molar-refractivity contribution < 1.29 is 9.53 Å². The lowest BCUT2D eigenvalue weighted by Gasteiger charge is -2.08. The fourth-order valence-electron chi connectivity index (χ4n) is 2.21. The maximum absolute atomic E-state index is 12.0. The number of methoxy groups -OCH3 is 1. The van der Waals surface area contributed by atoms with E-state index in [-0.39, 0.29) is 18.3 Å². The second-order valence-electron chi connectivity index (χ2n) is 4.94. The van der Waals surface area contributed by atoms with E-state index in [9.17, 15) is 4.79 Å². The van der Waals surface area contributed by atoms with Gasteiger partial charge in [-0.05, 0) is 25.0 Å². The Morgan fingerprint density at radius 2 is 2.35 bits per heavy atom. The summed E-state index contributed by atoms with van der Waals surface area (Å²) in [5.74, 6) is 1.72. The number of ether oxygens (including phenoxy) is 1. The van der Waals surface area contributed by atoms with E-state index in [0.717, 1.165) is 29.6 Å². The first-order valence-corrected chi connectivity index (χ1v) is 7.13. The summed E-state index contributed by atoms with van der Waals surface area (Å²) in [4.78, 5) is 16.4. The Morgan fingerprint density at radius 3 is 3.00 bits per heavy atom. The molecule has 0 atom stereocenters. The van der Waals surface area contributed by atoms with Gasteiger partial charge in [0.05, 0.1) is 24.0 Å². The summed E-state index contributed by atoms with van der Waals surface area (Å²) in [5, 5.41) is 2.98. The molecule has 1 N–H and O–H groups in total. The Labute approximate surface area is 121 Å². The number of hydrogen-bond acceptors (Lipinski definition) is 3. The van der Waals surface area contributed by atoms with Crippen LogP contribution >= 0.6 is 11.6 Å². The van der Waals surface area contributed by atoms with E-state index in [4.69, 9.17) is 16.3 Å². The molecule has 2 aromatic rings. The van der Waals surface area contributed by atoms with Crippen LogP contribution in [0.25, 0.3) is 11.0 Å². The molecule has 1 aliphatic rings. The number of carbonyl (C=O) groups excluding carboxylic acids is 1. The lowest BCUT2D eigenvalue weighted by atomic mass is 10.3. The average Bonchev–Trinajstić information content (AvgIpc) is 3.19. The molecule has 0 aliphatic heterocycles. The van der Waals surface area contributed by atoms with Crippen molar-refractivity contribution in [3.05, 3.63) is 24.0 Å². The zero-order valence-corrected chi connectivity index (χ0v) is 12.0. The van der Waals surface area contributed by atoms with Crippen molar-refractivity contribution in [2.45, 2.75) is 31.3 Å². The van der Waals surface area contributed by atoms with E-state index in [1.165, 1.54) is 0 Å². The summed E-state index contributed by atoms with van der Waals surface area (Å²) < 4.78 is 7.05. The Kier molecular flexibility index (Phi) is 3.53. The van der Waals surface area contributed by atoms with Crippen LogP contribution in [0, 0.1) is 0 Å². The molecule has 1 saturated carbocycles. The zero-order chi connectivity index (χ0) is 14.1. The summed E-state index contributed by atoms with van der Waals surface area (Å²) in [6.45, 7) is 0.251. The smallest absolute Gasteiger partial charge is 0.240 e. The summed E-state index contributed by atoms with van der Waals surface area (Å²) in [6.07, 6.45) is 2.16. The second kappa shape index (κ2) is 5.32. The van der Waals surface area contributed by atoms with E-state index in [0.29, 0.717) is 11.9 Å². The van der Waals surface area contributed by atoms with Gasteiger partial charge in [0.15, 0.2) is 0 Å². The molecule has 1 aromatic carbocycles. The van der Waals surface area contributed by atoms with Crippen molar-refractivity contribution in [2.75, 3.05) is 7.11 Å². The van der Waals surface area contributed by atoms with Gasteiger partial charge < -0.3 is 14.6 Å². The van der Waals surface area contributed by atoms with Gasteiger partial charge in [-0.25, -0.2) is 4.98 Å². The molecule has 0 radical (unpaired) electrons. The zero-order valence-electron chi connectivity index (χ0n) is 11.2. The molecule has 3 rings (SSSR count). The monoisotopic (exact) mass is 293 g/mol. The molecule has 20 heavy (non-hydrogen) atoms. The molecule has 0 bridgehead atoms. The highest BCUT2D eigenvalue weighted by Gasteiger charge is 2.24. The van der Waals surface area contributed by atoms with Gasteiger partial charge in [-0.1, -0.05) is 0 Å². The fourth-order valence-corrected chi connectivity index (χ4v) is 2.41. The standard InChI is InChI=1S/C14H16ClN3O2/c1-20-10-4-5-12-11(6-10)17-13(7-15)18(12)8-14(19)16-9-2-3-9/h4-6,9H,2-3,7-8H2,1H3,(H,16,19). The predicted molar refractivity (Wildman–Crippen MR) is 77.0 cm³/mol. The minimum Gasteiger partial charge on any atom is -0.497 e. The first-order chi connectivity index (χ1) is 9.71. The van der Waals surface area contributed by atoms with Crippen molar-refractivity contribution in [1.29, 1.82) is 0 Å². The topological polar surface area (TPSA) is 56.2 Å². The number of imidazole rings is 1. The van der Waals surface area contributed by atoms with Gasteiger partial charge in [0.25, 0.3) is 0 Å². The lowest BCUT2D eigenvalue weighted by Crippen LogP contribution is -2.29. The molecule has 0 spiro atoms. The van der Waals surface area contributed by atoms with Gasteiger partial charge in [0.1, 0.15) is 18.1 Å². The number of fused-ring (bicyclic) bond motifs is 1. The van der Waals surface area contributed by atoms with Crippen LogP contribution in [0.4, 0.5) is 0 Å². The quantitative estimate of drug-likeness (QED) is 0.859. The van der Waals surface area contributed by atoms with E-state index in [2.05, 4.69) is 10.3 Å². The number of amides is 1. The van der Waals surface area contributed by atoms with Crippen molar-refractivity contribution >= 4 is 28.5 Å². The Morgan fingerprint density at radius 1 is 1.55 bits per heavy atom. The highest BCUT2D eigenvalue weighted by atomic mass is 35.5. The number of benzene rings is 1. The molecule has 1 aromatic heterocycles. The number of nitrogens with one attached hydrogen (secondary N) is 1. The molecule has 6 heteroatoms. The summed E-state index contributed by atoms with van der Waals surface area (Å²) in [7, 11) is 1.61. The fraction of sp³-hybridized carbons (Fsp3) is 0.429. The first-order valence-electron chi connectivity index (χ1n) is 6.59. The van der Waals surface area contributed by atoms with E-state index in [1.54, 1.807) is 7.11 Å². The third-order valence-corrected chi connectivity index (χ3v) is 3.64. The van der Waals surface area contributed by atoms with Crippen LogP contribution in [0.15, 0.2) is 18.2 Å². The van der Waals surface area contributed by atoms with Crippen molar-refractivity contribution in [1.82, 2.24) is 14.9 Å². The van der Waals surface area contributed by atoms with Crippen molar-refractivity contribution in [2.24, 2.45) is 0 Å². The predicted octanol–water partition coefficient (Wildman–Crippen LogP) is 2.06. The third-order valence-electron chi connectivity index (χ3n) is 3.40. The Balaban J connectivity index is 1.92. The van der Waals surface area contributed by atoms with Crippen molar-refractivity contribution in [3.8, 4) is 5.75 Å². The van der Waals surface area contributed by atoms with Crippen LogP contribution < -0.4 is 10.1 Å². The van der Waals surface area contributed by atoms with Crippen LogP contribution in [-0.2, 0) is 17.2 Å². The molecule has 5 nitrogen and oxygen atoms in total. The SMILES string of the molecule is COc1ccc2c(c1)nc(CCl)n2CC(=O)NC1CC1. The average molecular weight is 294 g/mol. The maximum Gasteiger partial charge on any atom is 0.240 e. The van der Waals surface area contributed by atoms with Crippen LogP contribution in [-0.4, -0.2) is 28.6 Å². The molecule has 0 saturated heterocycles. The van der Waals surface area contributed by atoms with Crippen molar-refractivity contribution in [3.63, 3.8) is 0 Å². The number of rotatable bonds is 5. The summed E-state index contributed by atoms with van der Waals surface area (Å²) in [6, 6.07) is 5.97. The second-order valence-corrected chi connectivity index (χ2v) is 5.21. The molecule has 106 valence electrons. The maximum atomic E-state index is 12.0. The van der Waals surface area contributed by atoms with Gasteiger partial charge in [-0.2, -0.15) is 0 Å². The van der Waals surface area contributed by atoms with Crippen LogP contribution in [0.1, 0.15) is 18.7 Å². The highest BCUT2D eigenvalue weighted by molar-refractivity contribution is 6.16. The van der Waals surface area contributed by atoms with E-state index in [1.807, 2.05) is 22.8 Å². The van der Waals surface area contributed by atoms with Gasteiger partial charge in [0, 0.05) is 12.1 Å². The largest absolute Gasteiger partial charge is 0.497 e. The highest BCUT2D eigenvalue weighted by Crippen LogP contribution is 2.23. The van der Waals surface area contributed by atoms with Gasteiger partial charge in [-0.3, -0.25) is 4.79 Å². The number of hydrogen-bond donors (Lipinski definition) is 1. The molecule has 1 amide bonds. The third kappa shape index (κ3) is 2.58. The summed E-state index contributed by atoms with van der Waals surface area (Å²) >= 11 is 5.93. The summed E-state index contributed by atoms with van der Waals surface area (Å²) in [5.41, 5.74) is 1.69. The molecule has 1 aliphatic carbocycles. The normalized spacial score (nSPS) is 14.5. The molecule has 1 fully saturated rings.